The molecule has 0 aliphatic carbocycles. The molecule has 0 saturated carbocycles. The van der Waals surface area contributed by atoms with Crippen LogP contribution < -0.4 is 9.64 Å². The second-order valence-electron chi connectivity index (χ2n) is 13.7. The van der Waals surface area contributed by atoms with Gasteiger partial charge in [-0.2, -0.15) is 9.97 Å². The highest BCUT2D eigenvalue weighted by atomic mass is 19.1. The molecule has 1 amide bonds. The van der Waals surface area contributed by atoms with E-state index < -0.39 is 11.4 Å². The number of fused-ring (bicyclic) bond motifs is 4. The fourth-order valence-electron chi connectivity index (χ4n) is 7.30. The van der Waals surface area contributed by atoms with Gasteiger partial charge in [0.25, 0.3) is 0 Å². The third kappa shape index (κ3) is 5.53. The van der Waals surface area contributed by atoms with E-state index in [-0.39, 0.29) is 41.4 Å². The molecule has 46 heavy (non-hydrogen) atoms. The maximum atomic E-state index is 16.8. The zero-order valence-electron chi connectivity index (χ0n) is 27.0. The molecule has 2 aromatic carbocycles. The van der Waals surface area contributed by atoms with E-state index >= 15 is 4.39 Å². The van der Waals surface area contributed by atoms with E-state index in [2.05, 4.69) is 28.4 Å². The molecule has 2 unspecified atom stereocenters. The number of ether oxygens (including phenoxy) is 2. The van der Waals surface area contributed by atoms with Crippen LogP contribution in [0.3, 0.4) is 0 Å². The third-order valence-electron chi connectivity index (χ3n) is 9.52. The highest BCUT2D eigenvalue weighted by molar-refractivity contribution is 6.03. The van der Waals surface area contributed by atoms with Gasteiger partial charge >= 0.3 is 12.1 Å². The average molecular weight is 625 g/mol. The summed E-state index contributed by atoms with van der Waals surface area (Å²) < 4.78 is 28.8. The largest absolute Gasteiger partial charge is 0.462 e. The highest BCUT2D eigenvalue weighted by Gasteiger charge is 2.45. The van der Waals surface area contributed by atoms with Crippen LogP contribution >= 0.6 is 0 Å². The van der Waals surface area contributed by atoms with E-state index in [9.17, 15) is 4.79 Å². The van der Waals surface area contributed by atoms with Crippen LogP contribution in [0.5, 0.6) is 6.01 Å². The standard InChI is InChI=1S/C36H41FN6O3/c1-6-22-10-7-11-23-12-8-14-27(29(22)23)31-30(37)32-28(18-38-31)33(40-34(39-32)45-21-26-13-9-17-41(26)5)42-19-24-15-16-25(20-42)43(24)35(44)46-36(2,3)4/h6-8,10-12,14,18,24-26H,1,9,13,15-17,19-21H2,2-5H3/t24?,25?,26-/m0/s1. The van der Waals surface area contributed by atoms with Crippen LogP contribution in [0.2, 0.25) is 0 Å². The quantitative estimate of drug-likeness (QED) is 0.235. The topological polar surface area (TPSA) is 83.9 Å². The lowest BCUT2D eigenvalue weighted by Gasteiger charge is -2.42. The summed E-state index contributed by atoms with van der Waals surface area (Å²) in [4.78, 5) is 33.7. The molecule has 0 radical (unpaired) electrons. The number of halogens is 1. The summed E-state index contributed by atoms with van der Waals surface area (Å²) in [5.41, 5.74) is 1.38. The summed E-state index contributed by atoms with van der Waals surface area (Å²) in [5, 5.41) is 2.37. The Kier molecular flexibility index (Phi) is 7.79. The highest BCUT2D eigenvalue weighted by Crippen LogP contribution is 2.39. The van der Waals surface area contributed by atoms with E-state index in [1.807, 2.05) is 62.1 Å². The number of amides is 1. The smallest absolute Gasteiger partial charge is 0.410 e. The van der Waals surface area contributed by atoms with Gasteiger partial charge < -0.3 is 19.3 Å². The number of carbonyl (C=O) groups excluding carboxylic acids is 1. The Morgan fingerprint density at radius 1 is 1.09 bits per heavy atom. The number of hydrogen-bond acceptors (Lipinski definition) is 8. The van der Waals surface area contributed by atoms with E-state index in [0.717, 1.165) is 48.6 Å². The molecule has 5 heterocycles. The first-order valence-electron chi connectivity index (χ1n) is 16.2. The number of rotatable bonds is 6. The molecule has 4 aromatic rings. The number of pyridine rings is 1. The van der Waals surface area contributed by atoms with Gasteiger partial charge in [0.1, 0.15) is 29.2 Å². The summed E-state index contributed by atoms with van der Waals surface area (Å²) in [7, 11) is 2.09. The predicted molar refractivity (Wildman–Crippen MR) is 179 cm³/mol. The summed E-state index contributed by atoms with van der Waals surface area (Å²) in [6.07, 6.45) is 7.04. The van der Waals surface area contributed by atoms with Crippen LogP contribution in [0.15, 0.2) is 49.2 Å². The number of benzene rings is 2. The number of aromatic nitrogens is 3. The number of nitrogens with zero attached hydrogens (tertiary/aromatic N) is 6. The Hall–Kier alpha value is -4.31. The monoisotopic (exact) mass is 624 g/mol. The van der Waals surface area contributed by atoms with Crippen LogP contribution in [0.1, 0.15) is 52.0 Å². The second kappa shape index (κ2) is 11.8. The lowest BCUT2D eigenvalue weighted by Crippen LogP contribution is -2.57. The molecule has 3 atom stereocenters. The molecule has 3 aliphatic heterocycles. The second-order valence-corrected chi connectivity index (χ2v) is 13.7. The minimum absolute atomic E-state index is 0.0415. The van der Waals surface area contributed by atoms with E-state index in [4.69, 9.17) is 19.4 Å². The number of likely N-dealkylation sites (N-methyl/N-ethyl adjacent to an activating group) is 1. The molecule has 3 saturated heterocycles. The number of anilines is 1. The number of likely N-dealkylation sites (tertiary alicyclic amines) is 1. The van der Waals surface area contributed by atoms with Crippen molar-refractivity contribution in [3.05, 3.63) is 60.6 Å². The van der Waals surface area contributed by atoms with Gasteiger partial charge in [-0.3, -0.25) is 9.88 Å². The predicted octanol–water partition coefficient (Wildman–Crippen LogP) is 6.69. The molecule has 0 N–H and O–H groups in total. The summed E-state index contributed by atoms with van der Waals surface area (Å²) in [6, 6.07) is 12.0. The van der Waals surface area contributed by atoms with Crippen molar-refractivity contribution < 1.29 is 18.7 Å². The number of piperazine rings is 1. The van der Waals surface area contributed by atoms with Gasteiger partial charge in [0.2, 0.25) is 0 Å². The van der Waals surface area contributed by atoms with Gasteiger partial charge in [-0.1, -0.05) is 49.1 Å². The molecular weight excluding hydrogens is 583 g/mol. The Morgan fingerprint density at radius 2 is 1.83 bits per heavy atom. The average Bonchev–Trinajstić information content (AvgIpc) is 3.57. The van der Waals surface area contributed by atoms with Crippen LogP contribution in [0, 0.1) is 5.82 Å². The van der Waals surface area contributed by atoms with Gasteiger partial charge in [0.15, 0.2) is 5.82 Å². The third-order valence-corrected chi connectivity index (χ3v) is 9.52. The molecule has 7 rings (SSSR count). The molecule has 2 aromatic heterocycles. The zero-order chi connectivity index (χ0) is 32.2. The Balaban J connectivity index is 1.30. The van der Waals surface area contributed by atoms with Gasteiger partial charge in [0, 0.05) is 30.9 Å². The minimum Gasteiger partial charge on any atom is -0.462 e. The first-order valence-corrected chi connectivity index (χ1v) is 16.2. The molecular formula is C36H41FN6O3. The summed E-state index contributed by atoms with van der Waals surface area (Å²) in [5.74, 6) is 0.0499. The minimum atomic E-state index is -0.576. The molecule has 0 spiro atoms. The first-order chi connectivity index (χ1) is 22.1. The van der Waals surface area contributed by atoms with Crippen molar-refractivity contribution in [3.63, 3.8) is 0 Å². The molecule has 10 heteroatoms. The fourth-order valence-corrected chi connectivity index (χ4v) is 7.30. The maximum absolute atomic E-state index is 16.8. The van der Waals surface area contributed by atoms with Crippen LogP contribution in [-0.2, 0) is 4.74 Å². The van der Waals surface area contributed by atoms with E-state index in [1.165, 1.54) is 0 Å². The summed E-state index contributed by atoms with van der Waals surface area (Å²) in [6.45, 7) is 12.2. The van der Waals surface area contributed by atoms with Crippen molar-refractivity contribution in [1.29, 1.82) is 0 Å². The number of hydrogen-bond donors (Lipinski definition) is 0. The Labute approximate surface area is 269 Å². The van der Waals surface area contributed by atoms with Gasteiger partial charge in [0.05, 0.1) is 17.5 Å². The molecule has 240 valence electrons. The van der Waals surface area contributed by atoms with Gasteiger partial charge in [-0.25, -0.2) is 9.18 Å². The zero-order valence-corrected chi connectivity index (χ0v) is 27.0. The van der Waals surface area contributed by atoms with Crippen molar-refractivity contribution in [2.75, 3.05) is 38.2 Å². The maximum Gasteiger partial charge on any atom is 0.410 e. The van der Waals surface area contributed by atoms with Crippen molar-refractivity contribution in [3.8, 4) is 17.3 Å². The van der Waals surface area contributed by atoms with Crippen LogP contribution in [0.4, 0.5) is 15.0 Å². The SMILES string of the molecule is C=Cc1cccc2cccc(-c3ncc4c(N5CC6CCC(C5)N6C(=O)OC(C)(C)C)nc(OC[C@@H]5CCCN5C)nc4c3F)c12. The molecule has 3 fully saturated rings. The lowest BCUT2D eigenvalue weighted by molar-refractivity contribution is 0.0122. The number of carbonyl (C=O) groups is 1. The normalized spacial score (nSPS) is 21.7. The fraction of sp³-hybridized carbons (Fsp3) is 0.444. The van der Waals surface area contributed by atoms with Crippen molar-refractivity contribution >= 4 is 39.7 Å². The van der Waals surface area contributed by atoms with E-state index in [0.29, 0.717) is 36.5 Å². The Bertz CT molecular complexity index is 1800. The molecule has 3 aliphatic rings. The van der Waals surface area contributed by atoms with Crippen molar-refractivity contribution in [2.45, 2.75) is 70.2 Å². The first kappa shape index (κ1) is 30.3. The lowest BCUT2D eigenvalue weighted by atomic mass is 9.96. The van der Waals surface area contributed by atoms with Gasteiger partial charge in [-0.15, -0.1) is 0 Å². The Morgan fingerprint density at radius 3 is 2.50 bits per heavy atom. The molecule has 9 nitrogen and oxygen atoms in total. The van der Waals surface area contributed by atoms with Crippen molar-refractivity contribution in [1.82, 2.24) is 24.8 Å². The van der Waals surface area contributed by atoms with E-state index in [1.54, 1.807) is 12.3 Å². The van der Waals surface area contributed by atoms with Crippen LogP contribution in [0.25, 0.3) is 39.0 Å². The molecule has 2 bridgehead atoms. The van der Waals surface area contributed by atoms with Crippen LogP contribution in [-0.4, -0.2) is 87.9 Å². The van der Waals surface area contributed by atoms with Crippen molar-refractivity contribution in [2.24, 2.45) is 0 Å². The summed E-state index contributed by atoms with van der Waals surface area (Å²) >= 11 is 0. The van der Waals surface area contributed by atoms with Gasteiger partial charge in [-0.05, 0) is 76.4 Å².